The summed E-state index contributed by atoms with van der Waals surface area (Å²) >= 11 is 1.56. The lowest BCUT2D eigenvalue weighted by atomic mass is 10.0. The molecule has 13 heavy (non-hydrogen) atoms. The van der Waals surface area contributed by atoms with Gasteiger partial charge in [0.25, 0.3) is 0 Å². The molecular formula is C10H14N2S. The van der Waals surface area contributed by atoms with Crippen molar-refractivity contribution in [1.29, 1.82) is 10.8 Å². The highest BCUT2D eigenvalue weighted by molar-refractivity contribution is 8.07. The van der Waals surface area contributed by atoms with Crippen LogP contribution in [0.25, 0.3) is 0 Å². The van der Waals surface area contributed by atoms with E-state index in [1.54, 1.807) is 11.8 Å². The zero-order valence-electron chi connectivity index (χ0n) is 8.14. The second-order valence-electron chi connectivity index (χ2n) is 3.38. The van der Waals surface area contributed by atoms with Crippen molar-refractivity contribution >= 4 is 23.7 Å². The minimum Gasteiger partial charge on any atom is -0.308 e. The summed E-state index contributed by atoms with van der Waals surface area (Å²) in [5, 5.41) is 17.1. The van der Waals surface area contributed by atoms with E-state index in [2.05, 4.69) is 13.8 Å². The maximum atomic E-state index is 7.79. The highest BCUT2D eigenvalue weighted by Gasteiger charge is 2.19. The molecule has 0 unspecified atom stereocenters. The van der Waals surface area contributed by atoms with Crippen molar-refractivity contribution in [2.75, 3.05) is 0 Å². The zero-order chi connectivity index (χ0) is 10.0. The van der Waals surface area contributed by atoms with E-state index in [0.29, 0.717) is 11.6 Å². The van der Waals surface area contributed by atoms with Crippen LogP contribution in [0.1, 0.15) is 20.8 Å². The first-order valence-corrected chi connectivity index (χ1v) is 5.13. The fraction of sp³-hybridized carbons (Fsp3) is 0.400. The number of hydrogen-bond donors (Lipinski definition) is 2. The topological polar surface area (TPSA) is 47.7 Å². The van der Waals surface area contributed by atoms with E-state index in [9.17, 15) is 0 Å². The van der Waals surface area contributed by atoms with Crippen molar-refractivity contribution in [2.24, 2.45) is 5.92 Å². The standard InChI is InChI=1S/C10H14N2S/c1-6(2)8(4-11)10-9(12)7(3)5-13-10/h4-6,11-12H,1-3H3/b10-8-,11-4?,12-9?. The summed E-state index contributed by atoms with van der Waals surface area (Å²) in [5.74, 6) is 0.319. The summed E-state index contributed by atoms with van der Waals surface area (Å²) < 4.78 is 0. The third-order valence-electron chi connectivity index (χ3n) is 2.01. The van der Waals surface area contributed by atoms with E-state index in [0.717, 1.165) is 16.1 Å². The largest absolute Gasteiger partial charge is 0.308 e. The second-order valence-corrected chi connectivity index (χ2v) is 4.26. The van der Waals surface area contributed by atoms with Gasteiger partial charge in [-0.2, -0.15) is 0 Å². The number of rotatable bonds is 2. The molecule has 2 N–H and O–H groups in total. The molecule has 70 valence electrons. The normalized spacial score (nSPS) is 20.6. The molecule has 0 aromatic rings. The number of allylic oxidation sites excluding steroid dienone is 3. The summed E-state index contributed by atoms with van der Waals surface area (Å²) in [6, 6.07) is 0. The Bertz CT molecular complexity index is 311. The van der Waals surface area contributed by atoms with Crippen LogP contribution in [-0.2, 0) is 0 Å². The van der Waals surface area contributed by atoms with Crippen LogP contribution in [0.15, 0.2) is 21.5 Å². The fourth-order valence-corrected chi connectivity index (χ4v) is 2.27. The highest BCUT2D eigenvalue weighted by Crippen LogP contribution is 2.34. The molecule has 0 radical (unpaired) electrons. The predicted molar refractivity (Wildman–Crippen MR) is 59.7 cm³/mol. The Labute approximate surface area is 83.1 Å². The van der Waals surface area contributed by atoms with Crippen LogP contribution >= 0.6 is 11.8 Å². The van der Waals surface area contributed by atoms with Crippen LogP contribution in [-0.4, -0.2) is 11.9 Å². The molecule has 0 fully saturated rings. The van der Waals surface area contributed by atoms with Gasteiger partial charge in [0, 0.05) is 11.1 Å². The Morgan fingerprint density at radius 2 is 2.15 bits per heavy atom. The van der Waals surface area contributed by atoms with E-state index >= 15 is 0 Å². The number of thioether (sulfide) groups is 1. The molecule has 1 aliphatic rings. The van der Waals surface area contributed by atoms with Crippen LogP contribution in [0, 0.1) is 16.7 Å². The molecule has 0 spiro atoms. The lowest BCUT2D eigenvalue weighted by molar-refractivity contribution is 0.805. The second kappa shape index (κ2) is 3.92. The molecule has 0 bridgehead atoms. The van der Waals surface area contributed by atoms with Gasteiger partial charge in [-0.25, -0.2) is 0 Å². The van der Waals surface area contributed by atoms with E-state index in [1.807, 2.05) is 12.3 Å². The van der Waals surface area contributed by atoms with Gasteiger partial charge < -0.3 is 5.41 Å². The molecular weight excluding hydrogens is 180 g/mol. The van der Waals surface area contributed by atoms with Crippen LogP contribution in [0.5, 0.6) is 0 Å². The maximum absolute atomic E-state index is 7.79. The van der Waals surface area contributed by atoms with E-state index in [-0.39, 0.29) is 0 Å². The molecule has 0 saturated carbocycles. The fourth-order valence-electron chi connectivity index (χ4n) is 1.15. The van der Waals surface area contributed by atoms with Gasteiger partial charge in [0.1, 0.15) is 0 Å². The highest BCUT2D eigenvalue weighted by atomic mass is 32.2. The van der Waals surface area contributed by atoms with Crippen molar-refractivity contribution in [2.45, 2.75) is 20.8 Å². The van der Waals surface area contributed by atoms with Gasteiger partial charge in [0.05, 0.1) is 5.71 Å². The Kier molecular flexibility index (Phi) is 3.09. The Hall–Kier alpha value is -0.830. The average molecular weight is 194 g/mol. The zero-order valence-corrected chi connectivity index (χ0v) is 8.96. The third kappa shape index (κ3) is 1.91. The Morgan fingerprint density at radius 3 is 2.46 bits per heavy atom. The molecule has 0 aliphatic carbocycles. The van der Waals surface area contributed by atoms with Gasteiger partial charge in [-0.1, -0.05) is 25.6 Å². The number of hydrogen-bond acceptors (Lipinski definition) is 3. The summed E-state index contributed by atoms with van der Waals surface area (Å²) in [4.78, 5) is 0.947. The molecule has 0 amide bonds. The smallest absolute Gasteiger partial charge is 0.0716 e. The van der Waals surface area contributed by atoms with Gasteiger partial charge in [0.15, 0.2) is 0 Å². The maximum Gasteiger partial charge on any atom is 0.0716 e. The number of nitrogens with one attached hydrogen (secondary N) is 2. The summed E-state index contributed by atoms with van der Waals surface area (Å²) in [7, 11) is 0. The molecule has 3 heteroatoms. The summed E-state index contributed by atoms with van der Waals surface area (Å²) in [6.45, 7) is 6.04. The third-order valence-corrected chi connectivity index (χ3v) is 3.16. The average Bonchev–Trinajstić information content (AvgIpc) is 2.37. The van der Waals surface area contributed by atoms with Crippen LogP contribution in [0.2, 0.25) is 0 Å². The molecule has 0 saturated heterocycles. The Balaban J connectivity index is 3.07. The van der Waals surface area contributed by atoms with E-state index in [4.69, 9.17) is 10.8 Å². The SMILES string of the molecule is CC1=CS/C(=C(/C=N)C(C)C)C1=N. The molecule has 1 heterocycles. The van der Waals surface area contributed by atoms with Gasteiger partial charge in [-0.05, 0) is 29.4 Å². The van der Waals surface area contributed by atoms with Crippen molar-refractivity contribution in [1.82, 2.24) is 0 Å². The first-order valence-electron chi connectivity index (χ1n) is 4.25. The molecule has 1 rings (SSSR count). The first kappa shape index (κ1) is 10.3. The first-order chi connectivity index (χ1) is 6.07. The van der Waals surface area contributed by atoms with Crippen LogP contribution in [0.4, 0.5) is 0 Å². The molecule has 0 aromatic carbocycles. The summed E-state index contributed by atoms with van der Waals surface area (Å²) in [5.41, 5.74) is 2.54. The van der Waals surface area contributed by atoms with Gasteiger partial charge >= 0.3 is 0 Å². The summed E-state index contributed by atoms with van der Waals surface area (Å²) in [6.07, 6.45) is 1.37. The minimum absolute atomic E-state index is 0.319. The lowest BCUT2D eigenvalue weighted by Crippen LogP contribution is -2.04. The molecule has 2 nitrogen and oxygen atoms in total. The molecule has 0 aromatic heterocycles. The van der Waals surface area contributed by atoms with Crippen molar-refractivity contribution in [3.8, 4) is 0 Å². The van der Waals surface area contributed by atoms with Crippen molar-refractivity contribution < 1.29 is 0 Å². The van der Waals surface area contributed by atoms with Crippen LogP contribution in [0.3, 0.4) is 0 Å². The van der Waals surface area contributed by atoms with Gasteiger partial charge in [-0.3, -0.25) is 5.41 Å². The van der Waals surface area contributed by atoms with Crippen molar-refractivity contribution in [3.05, 3.63) is 21.5 Å². The van der Waals surface area contributed by atoms with Crippen molar-refractivity contribution in [3.63, 3.8) is 0 Å². The quantitative estimate of drug-likeness (QED) is 0.651. The molecule has 1 aliphatic heterocycles. The van der Waals surface area contributed by atoms with E-state index < -0.39 is 0 Å². The van der Waals surface area contributed by atoms with Gasteiger partial charge in [0.2, 0.25) is 0 Å². The predicted octanol–water partition coefficient (Wildman–Crippen LogP) is 3.22. The van der Waals surface area contributed by atoms with Gasteiger partial charge in [-0.15, -0.1) is 0 Å². The van der Waals surface area contributed by atoms with E-state index in [1.165, 1.54) is 6.21 Å². The monoisotopic (exact) mass is 194 g/mol. The molecule has 0 atom stereocenters. The van der Waals surface area contributed by atoms with Crippen LogP contribution < -0.4 is 0 Å². The lowest BCUT2D eigenvalue weighted by Gasteiger charge is -2.09. The minimum atomic E-state index is 0.319. The Morgan fingerprint density at radius 1 is 1.54 bits per heavy atom.